The topological polar surface area (TPSA) is 86.9 Å². The fourth-order valence-electron chi connectivity index (χ4n) is 5.66. The summed E-state index contributed by atoms with van der Waals surface area (Å²) in [7, 11) is 0. The lowest BCUT2D eigenvalue weighted by molar-refractivity contribution is -0.137. The predicted octanol–water partition coefficient (Wildman–Crippen LogP) is 6.51. The van der Waals surface area contributed by atoms with Gasteiger partial charge in [-0.05, 0) is 77.8 Å². The molecule has 0 spiro atoms. The van der Waals surface area contributed by atoms with Crippen molar-refractivity contribution in [2.45, 2.75) is 32.2 Å². The lowest BCUT2D eigenvalue weighted by atomic mass is 9.90. The maximum Gasteiger partial charge on any atom is 0.305 e. The molecule has 0 saturated carbocycles. The summed E-state index contributed by atoms with van der Waals surface area (Å²) in [4.78, 5) is 28.4. The maximum atomic E-state index is 13.2. The number of nitrogen functional groups attached to an aromatic ring is 1. The number of carbonyl (C=O) groups excluding carboxylic acids is 1. The molecule has 0 radical (unpaired) electrons. The molecule has 210 valence electrons. The van der Waals surface area contributed by atoms with E-state index in [0.717, 1.165) is 60.4 Å². The first-order valence-corrected chi connectivity index (χ1v) is 14.3. The monoisotopic (exact) mass is 547 g/mol. The van der Waals surface area contributed by atoms with E-state index in [1.807, 2.05) is 42.5 Å². The number of carboxylic acid groups (broad SMARTS) is 1. The zero-order chi connectivity index (χ0) is 28.6. The zero-order valence-electron chi connectivity index (χ0n) is 23.3. The predicted molar refractivity (Wildman–Crippen MR) is 165 cm³/mol. The van der Waals surface area contributed by atoms with Gasteiger partial charge in [-0.3, -0.25) is 9.59 Å². The number of hydrogen-bond acceptors (Lipinski definition) is 4. The minimum atomic E-state index is -0.930. The van der Waals surface area contributed by atoms with E-state index < -0.39 is 5.97 Å². The van der Waals surface area contributed by atoms with Crippen LogP contribution in [0.15, 0.2) is 103 Å². The summed E-state index contributed by atoms with van der Waals surface area (Å²) in [6.07, 6.45) is 3.32. The minimum absolute atomic E-state index is 0.111. The Morgan fingerprint density at radius 2 is 1.46 bits per heavy atom. The summed E-state index contributed by atoms with van der Waals surface area (Å²) < 4.78 is 0. The summed E-state index contributed by atoms with van der Waals surface area (Å²) in [6.45, 7) is 2.45. The second-order valence-corrected chi connectivity index (χ2v) is 10.8. The molecule has 3 N–H and O–H groups in total. The molecule has 4 aromatic rings. The number of hydrogen-bond donors (Lipinski definition) is 2. The van der Waals surface area contributed by atoms with Crippen molar-refractivity contribution in [3.8, 4) is 11.1 Å². The zero-order valence-corrected chi connectivity index (χ0v) is 23.3. The molecule has 0 unspecified atom stereocenters. The second kappa shape index (κ2) is 13.2. The summed E-state index contributed by atoms with van der Waals surface area (Å²) in [6, 6.07) is 34.0. The first-order valence-electron chi connectivity index (χ1n) is 14.3. The van der Waals surface area contributed by atoms with Gasteiger partial charge >= 0.3 is 5.97 Å². The van der Waals surface area contributed by atoms with Gasteiger partial charge < -0.3 is 20.6 Å². The van der Waals surface area contributed by atoms with Gasteiger partial charge in [-0.25, -0.2) is 0 Å². The van der Waals surface area contributed by atoms with Crippen LogP contribution >= 0.6 is 0 Å². The second-order valence-electron chi connectivity index (χ2n) is 10.8. The molecule has 41 heavy (non-hydrogen) atoms. The first-order chi connectivity index (χ1) is 20.0. The summed E-state index contributed by atoms with van der Waals surface area (Å²) in [5.74, 6) is -0.417. The van der Waals surface area contributed by atoms with E-state index >= 15 is 0 Å². The quantitative estimate of drug-likeness (QED) is 0.221. The van der Waals surface area contributed by atoms with Gasteiger partial charge in [0.25, 0.3) is 5.91 Å². The van der Waals surface area contributed by atoms with Gasteiger partial charge in [0.2, 0.25) is 0 Å². The Morgan fingerprint density at radius 1 is 0.805 bits per heavy atom. The van der Waals surface area contributed by atoms with Crippen LogP contribution in [0.4, 0.5) is 11.4 Å². The van der Waals surface area contributed by atoms with Crippen LogP contribution in [-0.4, -0.2) is 41.5 Å². The van der Waals surface area contributed by atoms with Gasteiger partial charge in [0.05, 0.1) is 17.8 Å². The largest absolute Gasteiger partial charge is 0.481 e. The molecule has 6 heteroatoms. The van der Waals surface area contributed by atoms with Crippen molar-refractivity contribution in [3.05, 3.63) is 120 Å². The molecule has 6 nitrogen and oxygen atoms in total. The van der Waals surface area contributed by atoms with Crippen molar-refractivity contribution in [1.82, 2.24) is 4.90 Å². The van der Waals surface area contributed by atoms with Crippen LogP contribution in [0.3, 0.4) is 0 Å². The molecule has 1 heterocycles. The number of aliphatic carboxylic acids is 1. The molecule has 0 bridgehead atoms. The Hall–Kier alpha value is -4.58. The van der Waals surface area contributed by atoms with Crippen LogP contribution in [0.25, 0.3) is 11.1 Å². The number of carbonyl (C=O) groups is 2. The van der Waals surface area contributed by atoms with Crippen LogP contribution in [0.5, 0.6) is 0 Å². The molecule has 0 atom stereocenters. The van der Waals surface area contributed by atoms with Crippen molar-refractivity contribution in [1.29, 1.82) is 0 Å². The van der Waals surface area contributed by atoms with Crippen LogP contribution in [-0.2, 0) is 17.8 Å². The molecule has 0 aromatic heterocycles. The molecule has 1 aliphatic rings. The van der Waals surface area contributed by atoms with Gasteiger partial charge in [-0.15, -0.1) is 0 Å². The molecule has 1 amide bonds. The molecule has 5 rings (SSSR count). The minimum Gasteiger partial charge on any atom is -0.481 e. The lowest BCUT2D eigenvalue weighted by Crippen LogP contribution is -2.34. The molecule has 1 fully saturated rings. The van der Waals surface area contributed by atoms with E-state index in [1.165, 1.54) is 5.56 Å². The van der Waals surface area contributed by atoms with E-state index in [1.54, 1.807) is 17.0 Å². The highest BCUT2D eigenvalue weighted by Gasteiger charge is 2.22. The van der Waals surface area contributed by atoms with E-state index in [2.05, 4.69) is 53.4 Å². The molecular formula is C35H37N3O3. The normalized spacial score (nSPS) is 13.6. The van der Waals surface area contributed by atoms with Crippen molar-refractivity contribution < 1.29 is 14.7 Å². The average molecular weight is 548 g/mol. The molecule has 4 aromatic carbocycles. The number of benzene rings is 4. The van der Waals surface area contributed by atoms with E-state index in [0.29, 0.717) is 18.0 Å². The molecular weight excluding hydrogens is 510 g/mol. The Kier molecular flexibility index (Phi) is 8.99. The fourth-order valence-corrected chi connectivity index (χ4v) is 5.66. The summed E-state index contributed by atoms with van der Waals surface area (Å²) in [5.41, 5.74) is 13.3. The third-order valence-corrected chi connectivity index (χ3v) is 7.89. The highest BCUT2D eigenvalue weighted by atomic mass is 16.4. The van der Waals surface area contributed by atoms with Gasteiger partial charge in [-0.2, -0.15) is 0 Å². The Balaban J connectivity index is 1.26. The van der Waals surface area contributed by atoms with E-state index in [-0.39, 0.29) is 18.9 Å². The van der Waals surface area contributed by atoms with Crippen LogP contribution in [0.1, 0.15) is 40.7 Å². The average Bonchev–Trinajstić information content (AvgIpc) is 3.00. The third kappa shape index (κ3) is 7.34. The van der Waals surface area contributed by atoms with Crippen molar-refractivity contribution in [2.75, 3.05) is 30.3 Å². The van der Waals surface area contributed by atoms with E-state index in [4.69, 9.17) is 5.73 Å². The van der Waals surface area contributed by atoms with Gasteiger partial charge in [0.15, 0.2) is 0 Å². The summed E-state index contributed by atoms with van der Waals surface area (Å²) >= 11 is 0. The smallest absolute Gasteiger partial charge is 0.305 e. The standard InChI is InChI=1S/C35H37N3O3/c36-32-24-31(14-15-33(32)37-19-16-27(17-20-37)22-26-8-3-1-4-9-26)30-13-7-10-28(23-30)25-38(21-18-34(39)40)35(41)29-11-5-2-6-12-29/h1-15,23-24,27H,16-22,25,36H2,(H,39,40). The highest BCUT2D eigenvalue weighted by Crippen LogP contribution is 2.33. The number of nitrogens with two attached hydrogens (primary N) is 1. The van der Waals surface area contributed by atoms with Crippen molar-refractivity contribution in [2.24, 2.45) is 5.92 Å². The number of nitrogens with zero attached hydrogens (tertiary/aromatic N) is 2. The molecule has 1 aliphatic heterocycles. The summed E-state index contributed by atoms with van der Waals surface area (Å²) in [5, 5.41) is 9.24. The first kappa shape index (κ1) is 28.0. The Morgan fingerprint density at radius 3 is 2.15 bits per heavy atom. The Bertz CT molecular complexity index is 1460. The number of amides is 1. The van der Waals surface area contributed by atoms with Gasteiger partial charge in [0.1, 0.15) is 0 Å². The third-order valence-electron chi connectivity index (χ3n) is 7.89. The number of carboxylic acids is 1. The molecule has 1 saturated heterocycles. The van der Waals surface area contributed by atoms with E-state index in [9.17, 15) is 14.7 Å². The highest BCUT2D eigenvalue weighted by molar-refractivity contribution is 5.94. The van der Waals surface area contributed by atoms with Gasteiger partial charge in [-0.1, -0.05) is 72.8 Å². The fraction of sp³-hybridized carbons (Fsp3) is 0.257. The molecule has 0 aliphatic carbocycles. The van der Waals surface area contributed by atoms with Crippen LogP contribution < -0.4 is 10.6 Å². The van der Waals surface area contributed by atoms with Crippen molar-refractivity contribution in [3.63, 3.8) is 0 Å². The number of rotatable bonds is 10. The number of piperidine rings is 1. The van der Waals surface area contributed by atoms with Crippen molar-refractivity contribution >= 4 is 23.3 Å². The van der Waals surface area contributed by atoms with Crippen LogP contribution in [0.2, 0.25) is 0 Å². The number of anilines is 2. The maximum absolute atomic E-state index is 13.2. The van der Waals surface area contributed by atoms with Gasteiger partial charge in [0, 0.05) is 31.7 Å². The van der Waals surface area contributed by atoms with Crippen LogP contribution in [0, 0.1) is 5.92 Å². The SMILES string of the molecule is Nc1cc(-c2cccc(CN(CCC(=O)O)C(=O)c3ccccc3)c2)ccc1N1CCC(Cc2ccccc2)CC1. The Labute approximate surface area is 242 Å². The lowest BCUT2D eigenvalue weighted by Gasteiger charge is -2.34.